The maximum Gasteiger partial charge on any atom is 0.229 e. The van der Waals surface area contributed by atoms with Crippen LogP contribution >= 0.6 is 0 Å². The van der Waals surface area contributed by atoms with Gasteiger partial charge in [-0.25, -0.2) is 0 Å². The van der Waals surface area contributed by atoms with Gasteiger partial charge in [0.05, 0.1) is 19.8 Å². The van der Waals surface area contributed by atoms with Crippen LogP contribution in [0.3, 0.4) is 0 Å². The molecule has 2 heterocycles. The second kappa shape index (κ2) is 6.77. The molecule has 4 N–H and O–H groups in total. The Bertz CT molecular complexity index is 385. The second-order valence-corrected chi connectivity index (χ2v) is 5.01. The molecule has 5 atom stereocenters. The number of hydrogen-bond donors (Lipinski definition) is 4. The topological polar surface area (TPSA) is 137 Å². The normalized spacial score (nSPS) is 37.3. The molecular weight excluding hydrogens is 286 g/mol. The van der Waals surface area contributed by atoms with Crippen LogP contribution in [0.4, 0.5) is 0 Å². The van der Waals surface area contributed by atoms with Gasteiger partial charge < -0.3 is 29.9 Å². The van der Waals surface area contributed by atoms with Crippen molar-refractivity contribution in [2.45, 2.75) is 43.5 Å². The first-order chi connectivity index (χ1) is 9.95. The van der Waals surface area contributed by atoms with Crippen molar-refractivity contribution in [3.63, 3.8) is 0 Å². The van der Waals surface area contributed by atoms with Crippen molar-refractivity contribution in [1.82, 2.24) is 4.90 Å². The molecule has 2 fully saturated rings. The zero-order valence-corrected chi connectivity index (χ0v) is 11.3. The Morgan fingerprint density at radius 2 is 1.71 bits per heavy atom. The van der Waals surface area contributed by atoms with Gasteiger partial charge in [0.15, 0.2) is 6.29 Å². The zero-order valence-electron chi connectivity index (χ0n) is 11.3. The SMILES string of the molecule is O=C1CCC(=O)N1CCO[C@@H]1O[C@H](CO)[C@@H](O)[C@H](O)[C@H]1O. The Balaban J connectivity index is 1.84. The van der Waals surface area contributed by atoms with E-state index in [1.807, 2.05) is 0 Å². The number of nitrogens with zero attached hydrogens (tertiary/aromatic N) is 1. The number of rotatable bonds is 5. The largest absolute Gasteiger partial charge is 0.394 e. The standard InChI is InChI=1S/C12H19NO8/c14-5-6-9(17)10(18)11(19)12(21-6)20-4-3-13-7(15)1-2-8(13)16/h6,9-12,14,17-19H,1-5H2/t6-,9-,10+,11-,12-/m1/s1. The van der Waals surface area contributed by atoms with Gasteiger partial charge in [0, 0.05) is 12.8 Å². The number of likely N-dealkylation sites (tertiary alicyclic amines) is 1. The molecule has 9 heteroatoms. The average molecular weight is 305 g/mol. The Kier molecular flexibility index (Phi) is 5.25. The van der Waals surface area contributed by atoms with Gasteiger partial charge in [-0.05, 0) is 0 Å². The molecule has 2 saturated heterocycles. The van der Waals surface area contributed by atoms with Gasteiger partial charge in [-0.3, -0.25) is 14.5 Å². The van der Waals surface area contributed by atoms with Crippen molar-refractivity contribution < 1.29 is 39.5 Å². The molecule has 0 bridgehead atoms. The molecule has 0 aromatic carbocycles. The molecule has 21 heavy (non-hydrogen) atoms. The van der Waals surface area contributed by atoms with Crippen LogP contribution in [-0.2, 0) is 19.1 Å². The summed E-state index contributed by atoms with van der Waals surface area (Å²) >= 11 is 0. The molecular formula is C12H19NO8. The molecule has 0 aromatic heterocycles. The highest BCUT2D eigenvalue weighted by molar-refractivity contribution is 6.01. The van der Waals surface area contributed by atoms with Gasteiger partial charge in [0.2, 0.25) is 11.8 Å². The lowest BCUT2D eigenvalue weighted by atomic mass is 9.99. The summed E-state index contributed by atoms with van der Waals surface area (Å²) in [5.41, 5.74) is 0. The highest BCUT2D eigenvalue weighted by atomic mass is 16.7. The maximum absolute atomic E-state index is 11.4. The minimum absolute atomic E-state index is 0.0205. The summed E-state index contributed by atoms with van der Waals surface area (Å²) in [5, 5.41) is 37.9. The molecule has 2 amide bonds. The quantitative estimate of drug-likeness (QED) is 0.393. The lowest BCUT2D eigenvalue weighted by Crippen LogP contribution is -2.59. The lowest BCUT2D eigenvalue weighted by molar-refractivity contribution is -0.301. The lowest BCUT2D eigenvalue weighted by Gasteiger charge is -2.39. The van der Waals surface area contributed by atoms with E-state index >= 15 is 0 Å². The molecule has 0 saturated carbocycles. The third kappa shape index (κ3) is 3.39. The summed E-state index contributed by atoms with van der Waals surface area (Å²) in [7, 11) is 0. The van der Waals surface area contributed by atoms with E-state index in [1.54, 1.807) is 0 Å². The first-order valence-electron chi connectivity index (χ1n) is 6.71. The van der Waals surface area contributed by atoms with E-state index in [2.05, 4.69) is 0 Å². The van der Waals surface area contributed by atoms with Gasteiger partial charge in [-0.2, -0.15) is 0 Å². The van der Waals surface area contributed by atoms with Crippen LogP contribution in [0.15, 0.2) is 0 Å². The van der Waals surface area contributed by atoms with E-state index in [0.717, 1.165) is 4.90 Å². The Morgan fingerprint density at radius 3 is 2.29 bits per heavy atom. The van der Waals surface area contributed by atoms with Crippen molar-refractivity contribution in [2.75, 3.05) is 19.8 Å². The van der Waals surface area contributed by atoms with Crippen molar-refractivity contribution in [2.24, 2.45) is 0 Å². The smallest absolute Gasteiger partial charge is 0.229 e. The fraction of sp³-hybridized carbons (Fsp3) is 0.833. The van der Waals surface area contributed by atoms with Crippen LogP contribution < -0.4 is 0 Å². The molecule has 0 aliphatic carbocycles. The van der Waals surface area contributed by atoms with E-state index in [4.69, 9.17) is 14.6 Å². The molecule has 2 aliphatic rings. The van der Waals surface area contributed by atoms with Crippen LogP contribution in [0.2, 0.25) is 0 Å². The van der Waals surface area contributed by atoms with Crippen molar-refractivity contribution >= 4 is 11.8 Å². The third-order valence-corrected chi connectivity index (χ3v) is 3.60. The van der Waals surface area contributed by atoms with Crippen LogP contribution in [-0.4, -0.2) is 87.6 Å². The fourth-order valence-electron chi connectivity index (χ4n) is 2.34. The number of ether oxygens (including phenoxy) is 2. The summed E-state index contributed by atoms with van der Waals surface area (Å²) in [6, 6.07) is 0. The predicted octanol–water partition coefficient (Wildman–Crippen LogP) is -3.05. The monoisotopic (exact) mass is 305 g/mol. The summed E-state index contributed by atoms with van der Waals surface area (Å²) in [6.07, 6.45) is -6.41. The second-order valence-electron chi connectivity index (χ2n) is 5.01. The van der Waals surface area contributed by atoms with Crippen LogP contribution in [0.1, 0.15) is 12.8 Å². The minimum atomic E-state index is -1.52. The Labute approximate surface area is 120 Å². The van der Waals surface area contributed by atoms with Gasteiger partial charge in [0.1, 0.15) is 24.4 Å². The molecule has 2 aliphatic heterocycles. The van der Waals surface area contributed by atoms with Gasteiger partial charge in [-0.1, -0.05) is 0 Å². The van der Waals surface area contributed by atoms with Gasteiger partial charge >= 0.3 is 0 Å². The molecule has 120 valence electrons. The number of hydrogen-bond acceptors (Lipinski definition) is 8. The molecule has 0 spiro atoms. The van der Waals surface area contributed by atoms with Crippen LogP contribution in [0, 0.1) is 0 Å². The summed E-state index contributed by atoms with van der Waals surface area (Å²) in [5.74, 6) is -0.560. The number of amides is 2. The van der Waals surface area contributed by atoms with E-state index < -0.39 is 37.3 Å². The fourth-order valence-corrected chi connectivity index (χ4v) is 2.34. The molecule has 0 aromatic rings. The van der Waals surface area contributed by atoms with Crippen molar-refractivity contribution in [3.05, 3.63) is 0 Å². The number of aliphatic hydroxyl groups excluding tert-OH is 4. The summed E-state index contributed by atoms with van der Waals surface area (Å²) in [4.78, 5) is 23.8. The molecule has 0 unspecified atom stereocenters. The number of carbonyl (C=O) groups is 2. The molecule has 9 nitrogen and oxygen atoms in total. The minimum Gasteiger partial charge on any atom is -0.394 e. The van der Waals surface area contributed by atoms with E-state index in [0.29, 0.717) is 0 Å². The third-order valence-electron chi connectivity index (χ3n) is 3.60. The van der Waals surface area contributed by atoms with Crippen molar-refractivity contribution in [1.29, 1.82) is 0 Å². The molecule has 2 rings (SSSR count). The van der Waals surface area contributed by atoms with Crippen molar-refractivity contribution in [3.8, 4) is 0 Å². The first-order valence-corrected chi connectivity index (χ1v) is 6.71. The predicted molar refractivity (Wildman–Crippen MR) is 65.7 cm³/mol. The van der Waals surface area contributed by atoms with E-state index in [1.165, 1.54) is 0 Å². The highest BCUT2D eigenvalue weighted by Crippen LogP contribution is 2.22. The highest BCUT2D eigenvalue weighted by Gasteiger charge is 2.44. The van der Waals surface area contributed by atoms with E-state index in [9.17, 15) is 24.9 Å². The Morgan fingerprint density at radius 1 is 1.10 bits per heavy atom. The Hall–Kier alpha value is -1.10. The summed E-state index contributed by atoms with van der Waals surface area (Å²) in [6.45, 7) is -0.610. The number of imide groups is 1. The summed E-state index contributed by atoms with van der Waals surface area (Å²) < 4.78 is 10.3. The zero-order chi connectivity index (χ0) is 15.6. The number of aliphatic hydroxyl groups is 4. The molecule has 0 radical (unpaired) electrons. The van der Waals surface area contributed by atoms with Gasteiger partial charge in [0.25, 0.3) is 0 Å². The first kappa shape index (κ1) is 16.3. The van der Waals surface area contributed by atoms with Crippen LogP contribution in [0.5, 0.6) is 0 Å². The van der Waals surface area contributed by atoms with Gasteiger partial charge in [-0.15, -0.1) is 0 Å². The van der Waals surface area contributed by atoms with E-state index in [-0.39, 0.29) is 37.8 Å². The maximum atomic E-state index is 11.4. The number of carbonyl (C=O) groups excluding carboxylic acids is 2. The average Bonchev–Trinajstić information content (AvgIpc) is 2.79. The van der Waals surface area contributed by atoms with Crippen LogP contribution in [0.25, 0.3) is 0 Å².